The Morgan fingerprint density at radius 3 is 2.31 bits per heavy atom. The molecule has 3 rings (SSSR count). The van der Waals surface area contributed by atoms with Crippen LogP contribution in [-0.4, -0.2) is 25.5 Å². The third-order valence-corrected chi connectivity index (χ3v) is 4.88. The third kappa shape index (κ3) is 4.80. The molecule has 0 atom stereocenters. The monoisotopic (exact) mass is 380 g/mol. The van der Waals surface area contributed by atoms with Crippen molar-refractivity contribution < 1.29 is 13.6 Å². The lowest BCUT2D eigenvalue weighted by molar-refractivity contribution is 0.0918. The number of halogens is 3. The first-order valence-corrected chi connectivity index (χ1v) is 8.51. The molecule has 1 amide bonds. The summed E-state index contributed by atoms with van der Waals surface area (Å²) in [6.45, 7) is 4.55. The van der Waals surface area contributed by atoms with E-state index in [-0.39, 0.29) is 29.2 Å². The summed E-state index contributed by atoms with van der Waals surface area (Å²) in [4.78, 5) is 12.3. The number of amides is 1. The van der Waals surface area contributed by atoms with E-state index in [2.05, 4.69) is 17.6 Å². The van der Waals surface area contributed by atoms with Gasteiger partial charge in [-0.2, -0.15) is 0 Å². The van der Waals surface area contributed by atoms with Gasteiger partial charge in [-0.1, -0.05) is 25.1 Å². The highest BCUT2D eigenvalue weighted by Crippen LogP contribution is 2.27. The first kappa shape index (κ1) is 20.3. The van der Waals surface area contributed by atoms with E-state index in [1.807, 2.05) is 0 Å². The number of hydrogen-bond donors (Lipinski definition) is 2. The average molecular weight is 381 g/mol. The minimum atomic E-state index is -0.574. The second-order valence-corrected chi connectivity index (χ2v) is 6.94. The van der Waals surface area contributed by atoms with E-state index in [4.69, 9.17) is 0 Å². The molecule has 2 aromatic rings. The molecule has 0 unspecified atom stereocenters. The summed E-state index contributed by atoms with van der Waals surface area (Å²) in [5, 5.41) is 6.16. The molecule has 2 N–H and O–H groups in total. The van der Waals surface area contributed by atoms with Crippen LogP contribution in [0.5, 0.6) is 0 Å². The third-order valence-electron chi connectivity index (χ3n) is 4.88. The van der Waals surface area contributed by atoms with Crippen molar-refractivity contribution >= 4 is 18.3 Å². The van der Waals surface area contributed by atoms with E-state index in [1.54, 1.807) is 18.2 Å². The number of carbonyl (C=O) groups excluding carboxylic acids is 1. The first-order valence-electron chi connectivity index (χ1n) is 8.51. The summed E-state index contributed by atoms with van der Waals surface area (Å²) >= 11 is 0. The zero-order valence-corrected chi connectivity index (χ0v) is 15.5. The number of rotatable bonds is 4. The van der Waals surface area contributed by atoms with Crippen LogP contribution < -0.4 is 10.6 Å². The first-order chi connectivity index (χ1) is 12.0. The van der Waals surface area contributed by atoms with Crippen molar-refractivity contribution in [1.82, 2.24) is 10.6 Å². The lowest BCUT2D eigenvalue weighted by Crippen LogP contribution is -2.43. The molecule has 0 aliphatic carbocycles. The van der Waals surface area contributed by atoms with Crippen molar-refractivity contribution in [1.29, 1.82) is 0 Å². The van der Waals surface area contributed by atoms with Crippen LogP contribution in [0.2, 0.25) is 0 Å². The van der Waals surface area contributed by atoms with Gasteiger partial charge in [0.2, 0.25) is 0 Å². The van der Waals surface area contributed by atoms with Gasteiger partial charge in [0, 0.05) is 6.54 Å². The van der Waals surface area contributed by atoms with Gasteiger partial charge in [0.1, 0.15) is 11.6 Å². The maximum atomic E-state index is 14.4. The van der Waals surface area contributed by atoms with Crippen LogP contribution in [0.15, 0.2) is 42.5 Å². The Balaban J connectivity index is 0.00000243. The number of benzene rings is 2. The molecule has 0 radical (unpaired) electrons. The summed E-state index contributed by atoms with van der Waals surface area (Å²) < 4.78 is 27.4. The smallest absolute Gasteiger partial charge is 0.254 e. The molecule has 1 heterocycles. The zero-order chi connectivity index (χ0) is 17.9. The molecule has 1 saturated heterocycles. The summed E-state index contributed by atoms with van der Waals surface area (Å²) in [6.07, 6.45) is 1.97. The number of nitrogens with one attached hydrogen (secondary N) is 2. The van der Waals surface area contributed by atoms with Gasteiger partial charge in [0.05, 0.1) is 5.56 Å². The molecule has 0 spiro atoms. The average Bonchev–Trinajstić information content (AvgIpc) is 2.61. The highest BCUT2D eigenvalue weighted by Gasteiger charge is 2.27. The summed E-state index contributed by atoms with van der Waals surface area (Å²) in [5.41, 5.74) is 1.39. The Labute approximate surface area is 158 Å². The molecule has 0 aromatic heterocycles. The normalized spacial score (nSPS) is 15.8. The Bertz CT molecular complexity index is 759. The van der Waals surface area contributed by atoms with Gasteiger partial charge in [-0.15, -0.1) is 12.4 Å². The molecule has 1 aliphatic rings. The van der Waals surface area contributed by atoms with Gasteiger partial charge in [-0.05, 0) is 66.7 Å². The van der Waals surface area contributed by atoms with Gasteiger partial charge in [-0.3, -0.25) is 4.79 Å². The van der Waals surface area contributed by atoms with E-state index in [0.29, 0.717) is 17.7 Å². The second kappa shape index (κ2) is 8.60. The highest BCUT2D eigenvalue weighted by atomic mass is 35.5. The van der Waals surface area contributed by atoms with Gasteiger partial charge in [0.25, 0.3) is 5.91 Å². The molecular weight excluding hydrogens is 358 g/mol. The molecule has 1 fully saturated rings. The largest absolute Gasteiger partial charge is 0.351 e. The fourth-order valence-electron chi connectivity index (χ4n) is 3.12. The van der Waals surface area contributed by atoms with Crippen molar-refractivity contribution in [2.45, 2.75) is 19.8 Å². The standard InChI is InChI=1S/C20H22F2N2O.ClH/c1-20(8-10-23-11-9-20)13-24-19(25)17-7-4-15(12-18(17)22)14-2-5-16(21)6-3-14;/h2-7,12,23H,8-11,13H2,1H3,(H,24,25);1H. The molecule has 140 valence electrons. The van der Waals surface area contributed by atoms with Crippen LogP contribution in [0.25, 0.3) is 11.1 Å². The van der Waals surface area contributed by atoms with Crippen LogP contribution in [0.1, 0.15) is 30.1 Å². The van der Waals surface area contributed by atoms with E-state index >= 15 is 0 Å². The zero-order valence-electron chi connectivity index (χ0n) is 14.6. The molecular formula is C20H23ClF2N2O. The predicted octanol–water partition coefficient (Wildman–Crippen LogP) is 4.17. The van der Waals surface area contributed by atoms with Gasteiger partial charge in [-0.25, -0.2) is 8.78 Å². The second-order valence-electron chi connectivity index (χ2n) is 6.94. The quantitative estimate of drug-likeness (QED) is 0.835. The van der Waals surface area contributed by atoms with E-state index in [9.17, 15) is 13.6 Å². The number of hydrogen-bond acceptors (Lipinski definition) is 2. The molecule has 0 saturated carbocycles. The number of carbonyl (C=O) groups is 1. The molecule has 1 aliphatic heterocycles. The summed E-state index contributed by atoms with van der Waals surface area (Å²) in [5.74, 6) is -1.32. The van der Waals surface area contributed by atoms with Gasteiger partial charge >= 0.3 is 0 Å². The Morgan fingerprint density at radius 1 is 1.08 bits per heavy atom. The van der Waals surface area contributed by atoms with Crippen LogP contribution in [0, 0.1) is 17.0 Å². The van der Waals surface area contributed by atoms with Crippen molar-refractivity contribution in [2.75, 3.05) is 19.6 Å². The summed E-state index contributed by atoms with van der Waals surface area (Å²) in [7, 11) is 0. The Morgan fingerprint density at radius 2 is 1.69 bits per heavy atom. The van der Waals surface area contributed by atoms with Gasteiger partial charge < -0.3 is 10.6 Å². The van der Waals surface area contributed by atoms with Crippen molar-refractivity contribution in [2.24, 2.45) is 5.41 Å². The van der Waals surface area contributed by atoms with Crippen LogP contribution in [0.4, 0.5) is 8.78 Å². The topological polar surface area (TPSA) is 41.1 Å². The fraction of sp³-hybridized carbons (Fsp3) is 0.350. The SMILES string of the molecule is CC1(CNC(=O)c2ccc(-c3ccc(F)cc3)cc2F)CCNCC1.Cl. The number of piperidine rings is 1. The lowest BCUT2D eigenvalue weighted by Gasteiger charge is -2.34. The van der Waals surface area contributed by atoms with E-state index < -0.39 is 11.7 Å². The minimum Gasteiger partial charge on any atom is -0.351 e. The van der Waals surface area contributed by atoms with Crippen LogP contribution in [0.3, 0.4) is 0 Å². The maximum Gasteiger partial charge on any atom is 0.254 e. The fourth-order valence-corrected chi connectivity index (χ4v) is 3.12. The predicted molar refractivity (Wildman–Crippen MR) is 102 cm³/mol. The van der Waals surface area contributed by atoms with Gasteiger partial charge in [0.15, 0.2) is 0 Å². The van der Waals surface area contributed by atoms with Crippen LogP contribution in [-0.2, 0) is 0 Å². The van der Waals surface area contributed by atoms with Crippen molar-refractivity contribution in [3.63, 3.8) is 0 Å². The molecule has 6 heteroatoms. The Hall–Kier alpha value is -1.98. The maximum absolute atomic E-state index is 14.4. The van der Waals surface area contributed by atoms with Crippen molar-refractivity contribution in [3.8, 4) is 11.1 Å². The van der Waals surface area contributed by atoms with E-state index in [0.717, 1.165) is 25.9 Å². The highest BCUT2D eigenvalue weighted by molar-refractivity contribution is 5.95. The Kier molecular flexibility index (Phi) is 6.73. The lowest BCUT2D eigenvalue weighted by atomic mass is 9.81. The molecule has 2 aromatic carbocycles. The van der Waals surface area contributed by atoms with Crippen LogP contribution >= 0.6 is 12.4 Å². The van der Waals surface area contributed by atoms with Crippen molar-refractivity contribution in [3.05, 3.63) is 59.7 Å². The molecule has 0 bridgehead atoms. The molecule has 26 heavy (non-hydrogen) atoms. The molecule has 3 nitrogen and oxygen atoms in total. The minimum absolute atomic E-state index is 0. The summed E-state index contributed by atoms with van der Waals surface area (Å²) in [6, 6.07) is 10.3. The van der Waals surface area contributed by atoms with E-state index in [1.165, 1.54) is 24.3 Å².